The molecule has 0 radical (unpaired) electrons. The Labute approximate surface area is 160 Å². The number of carbonyl (C=O) groups excluding carboxylic acids is 2. The fourth-order valence-corrected chi connectivity index (χ4v) is 2.82. The van der Waals surface area contributed by atoms with Gasteiger partial charge in [0, 0.05) is 17.8 Å². The molecule has 0 heterocycles. The number of hydrogen-bond donors (Lipinski definition) is 3. The number of nitrogens with two attached hydrogens (primary N) is 1. The van der Waals surface area contributed by atoms with E-state index >= 15 is 0 Å². The molecule has 0 aliphatic rings. The fourth-order valence-electron chi connectivity index (χ4n) is 2.27. The summed E-state index contributed by atoms with van der Waals surface area (Å²) in [5.41, 5.74) is 6.98. The minimum Gasteiger partial charge on any atom is -0.493 e. The smallest absolute Gasteiger partial charge is 0.316 e. The van der Waals surface area contributed by atoms with Crippen molar-refractivity contribution in [1.82, 2.24) is 5.32 Å². The van der Waals surface area contributed by atoms with Gasteiger partial charge in [-0.3, -0.25) is 4.79 Å². The van der Waals surface area contributed by atoms with Crippen LogP contribution in [0.3, 0.4) is 0 Å². The van der Waals surface area contributed by atoms with E-state index in [-0.39, 0.29) is 5.91 Å². The van der Waals surface area contributed by atoms with Crippen LogP contribution in [0.25, 0.3) is 0 Å². The summed E-state index contributed by atoms with van der Waals surface area (Å²) in [6.45, 7) is 2.70. The van der Waals surface area contributed by atoms with Crippen molar-refractivity contribution >= 4 is 33.6 Å². The number of rotatable bonds is 7. The molecule has 2 aromatic carbocycles. The number of hydrogen-bond acceptors (Lipinski definition) is 4. The highest BCUT2D eigenvalue weighted by Gasteiger charge is 2.15. The van der Waals surface area contributed by atoms with Gasteiger partial charge >= 0.3 is 6.03 Å². The molecule has 0 atom stereocenters. The van der Waals surface area contributed by atoms with Gasteiger partial charge in [-0.2, -0.15) is 0 Å². The predicted molar refractivity (Wildman–Crippen MR) is 103 cm³/mol. The summed E-state index contributed by atoms with van der Waals surface area (Å²) >= 11 is 3.40. The summed E-state index contributed by atoms with van der Waals surface area (Å²) in [4.78, 5) is 23.2. The van der Waals surface area contributed by atoms with Gasteiger partial charge in [0.05, 0.1) is 18.2 Å². The van der Waals surface area contributed by atoms with Crippen LogP contribution in [-0.4, -0.2) is 25.7 Å². The topological polar surface area (TPSA) is 103 Å². The maximum absolute atomic E-state index is 12.4. The lowest BCUT2D eigenvalue weighted by Gasteiger charge is -2.13. The van der Waals surface area contributed by atoms with Gasteiger partial charge in [0.2, 0.25) is 0 Å². The Morgan fingerprint density at radius 3 is 2.46 bits per heavy atom. The second kappa shape index (κ2) is 9.10. The Morgan fingerprint density at radius 2 is 1.88 bits per heavy atom. The van der Waals surface area contributed by atoms with Crippen molar-refractivity contribution in [1.29, 1.82) is 0 Å². The number of halogens is 1. The standard InChI is InChI=1S/C18H20BrN3O4/c1-3-26-16-14(19)8-12(9-15(16)25-2)17(23)21-10-11-4-6-13(7-5-11)22-18(20)24/h4-9H,3,10H2,1-2H3,(H,21,23)(H3,20,22,24). The lowest BCUT2D eigenvalue weighted by Crippen LogP contribution is -2.23. The van der Waals surface area contributed by atoms with Crippen LogP contribution in [0.1, 0.15) is 22.8 Å². The Hall–Kier alpha value is -2.74. The number of ether oxygens (including phenoxy) is 2. The van der Waals surface area contributed by atoms with Crippen LogP contribution in [0.2, 0.25) is 0 Å². The van der Waals surface area contributed by atoms with E-state index in [1.165, 1.54) is 7.11 Å². The Balaban J connectivity index is 2.05. The van der Waals surface area contributed by atoms with E-state index in [9.17, 15) is 9.59 Å². The van der Waals surface area contributed by atoms with Gasteiger partial charge in [-0.1, -0.05) is 12.1 Å². The molecule has 0 saturated carbocycles. The van der Waals surface area contributed by atoms with Gasteiger partial charge < -0.3 is 25.8 Å². The van der Waals surface area contributed by atoms with Crippen LogP contribution >= 0.6 is 15.9 Å². The van der Waals surface area contributed by atoms with Gasteiger partial charge in [0.15, 0.2) is 11.5 Å². The molecule has 0 spiro atoms. The second-order valence-corrected chi connectivity index (χ2v) is 6.15. The molecule has 2 rings (SSSR count). The van der Waals surface area contributed by atoms with E-state index < -0.39 is 6.03 Å². The van der Waals surface area contributed by atoms with E-state index in [1.54, 1.807) is 36.4 Å². The van der Waals surface area contributed by atoms with Crippen LogP contribution in [0.5, 0.6) is 11.5 Å². The molecule has 138 valence electrons. The Kier molecular flexibility index (Phi) is 6.85. The zero-order chi connectivity index (χ0) is 19.1. The maximum Gasteiger partial charge on any atom is 0.316 e. The van der Waals surface area contributed by atoms with Crippen molar-refractivity contribution in [3.63, 3.8) is 0 Å². The molecule has 0 aliphatic heterocycles. The fraction of sp³-hybridized carbons (Fsp3) is 0.222. The lowest BCUT2D eigenvalue weighted by atomic mass is 10.1. The van der Waals surface area contributed by atoms with Crippen molar-refractivity contribution in [3.8, 4) is 11.5 Å². The zero-order valence-electron chi connectivity index (χ0n) is 14.5. The van der Waals surface area contributed by atoms with Crippen LogP contribution in [0.4, 0.5) is 10.5 Å². The normalized spacial score (nSPS) is 10.1. The average Bonchev–Trinajstić information content (AvgIpc) is 2.62. The predicted octanol–water partition coefficient (Wildman–Crippen LogP) is 3.28. The lowest BCUT2D eigenvalue weighted by molar-refractivity contribution is 0.0950. The summed E-state index contributed by atoms with van der Waals surface area (Å²) in [5.74, 6) is 0.795. The Bertz CT molecular complexity index is 794. The monoisotopic (exact) mass is 421 g/mol. The third kappa shape index (κ3) is 5.13. The molecule has 0 unspecified atom stereocenters. The summed E-state index contributed by atoms with van der Waals surface area (Å²) in [6.07, 6.45) is 0. The second-order valence-electron chi connectivity index (χ2n) is 5.29. The number of benzene rings is 2. The highest BCUT2D eigenvalue weighted by atomic mass is 79.9. The van der Waals surface area contributed by atoms with Crippen molar-refractivity contribution in [2.24, 2.45) is 5.73 Å². The van der Waals surface area contributed by atoms with E-state index in [0.29, 0.717) is 40.4 Å². The quantitative estimate of drug-likeness (QED) is 0.637. The van der Waals surface area contributed by atoms with Crippen molar-refractivity contribution in [2.45, 2.75) is 13.5 Å². The molecule has 0 bridgehead atoms. The summed E-state index contributed by atoms with van der Waals surface area (Å²) in [5, 5.41) is 5.32. The molecule has 0 fully saturated rings. The van der Waals surface area contributed by atoms with Gasteiger partial charge in [0.1, 0.15) is 0 Å². The van der Waals surface area contributed by atoms with Crippen LogP contribution in [0, 0.1) is 0 Å². The molecule has 2 aromatic rings. The largest absolute Gasteiger partial charge is 0.493 e. The number of anilines is 1. The molecule has 3 amide bonds. The van der Waals surface area contributed by atoms with E-state index in [4.69, 9.17) is 15.2 Å². The average molecular weight is 422 g/mol. The molecule has 0 aromatic heterocycles. The summed E-state index contributed by atoms with van der Waals surface area (Å²) in [6, 6.07) is 9.70. The SMILES string of the molecule is CCOc1c(Br)cc(C(=O)NCc2ccc(NC(N)=O)cc2)cc1OC. The number of carbonyl (C=O) groups is 2. The number of nitrogens with one attached hydrogen (secondary N) is 2. The summed E-state index contributed by atoms with van der Waals surface area (Å²) in [7, 11) is 1.52. The van der Waals surface area contributed by atoms with E-state index in [1.807, 2.05) is 6.92 Å². The van der Waals surface area contributed by atoms with Crippen molar-refractivity contribution in [3.05, 3.63) is 52.0 Å². The first-order valence-electron chi connectivity index (χ1n) is 7.88. The highest BCUT2D eigenvalue weighted by Crippen LogP contribution is 2.36. The van der Waals surface area contributed by atoms with Gasteiger partial charge in [-0.25, -0.2) is 4.79 Å². The molecule has 0 saturated heterocycles. The zero-order valence-corrected chi connectivity index (χ0v) is 16.1. The third-order valence-electron chi connectivity index (χ3n) is 3.45. The molecular weight excluding hydrogens is 402 g/mol. The molecule has 4 N–H and O–H groups in total. The van der Waals surface area contributed by atoms with Gasteiger partial charge in [-0.15, -0.1) is 0 Å². The van der Waals surface area contributed by atoms with E-state index in [0.717, 1.165) is 5.56 Å². The Morgan fingerprint density at radius 1 is 1.19 bits per heavy atom. The molecule has 7 nitrogen and oxygen atoms in total. The number of methoxy groups -OCH3 is 1. The van der Waals surface area contributed by atoms with Gasteiger partial charge in [0.25, 0.3) is 5.91 Å². The maximum atomic E-state index is 12.4. The molecule has 0 aliphatic carbocycles. The number of urea groups is 1. The van der Waals surface area contributed by atoms with Crippen molar-refractivity contribution in [2.75, 3.05) is 19.0 Å². The number of primary amides is 1. The van der Waals surface area contributed by atoms with Crippen LogP contribution < -0.4 is 25.8 Å². The van der Waals surface area contributed by atoms with Crippen molar-refractivity contribution < 1.29 is 19.1 Å². The van der Waals surface area contributed by atoms with Gasteiger partial charge in [-0.05, 0) is 52.7 Å². The molecular formula is C18H20BrN3O4. The first kappa shape index (κ1) is 19.6. The van der Waals surface area contributed by atoms with Crippen LogP contribution in [0.15, 0.2) is 40.9 Å². The molecule has 26 heavy (non-hydrogen) atoms. The highest BCUT2D eigenvalue weighted by molar-refractivity contribution is 9.10. The van der Waals surface area contributed by atoms with Crippen LogP contribution in [-0.2, 0) is 6.54 Å². The van der Waals surface area contributed by atoms with E-state index in [2.05, 4.69) is 26.6 Å². The summed E-state index contributed by atoms with van der Waals surface area (Å²) < 4.78 is 11.5. The first-order chi connectivity index (χ1) is 12.4. The number of amides is 3. The first-order valence-corrected chi connectivity index (χ1v) is 8.67. The molecule has 8 heteroatoms. The minimum absolute atomic E-state index is 0.244. The minimum atomic E-state index is -0.624. The third-order valence-corrected chi connectivity index (χ3v) is 4.04.